The maximum atomic E-state index is 9.09. The van der Waals surface area contributed by atoms with Crippen molar-refractivity contribution in [3.05, 3.63) is 35.9 Å². The Morgan fingerprint density at radius 3 is 2.63 bits per heavy atom. The third kappa shape index (κ3) is 3.49. The van der Waals surface area contributed by atoms with Gasteiger partial charge in [0.1, 0.15) is 0 Å². The number of hydrogen-bond acceptors (Lipinski definition) is 4. The molecule has 0 saturated heterocycles. The van der Waals surface area contributed by atoms with Gasteiger partial charge in [0, 0.05) is 25.1 Å². The largest absolute Gasteiger partial charge is 0.493 e. The maximum absolute atomic E-state index is 9.09. The Bertz CT molecular complexity index is 445. The van der Waals surface area contributed by atoms with E-state index in [4.69, 9.17) is 14.6 Å². The quantitative estimate of drug-likeness (QED) is 0.767. The molecule has 1 aromatic carbocycles. The minimum Gasteiger partial charge on any atom is -0.493 e. The van der Waals surface area contributed by atoms with E-state index in [1.807, 2.05) is 18.2 Å². The van der Waals surface area contributed by atoms with Crippen molar-refractivity contribution in [3.63, 3.8) is 0 Å². The van der Waals surface area contributed by atoms with Gasteiger partial charge in [-0.2, -0.15) is 0 Å². The summed E-state index contributed by atoms with van der Waals surface area (Å²) in [6.45, 7) is 0.999. The molecular weight excluding hydrogens is 242 g/mol. The van der Waals surface area contributed by atoms with Crippen LogP contribution in [0.5, 0.6) is 11.5 Å². The second-order valence-electron chi connectivity index (χ2n) is 4.74. The number of aliphatic hydroxyl groups is 1. The molecule has 0 unspecified atom stereocenters. The van der Waals surface area contributed by atoms with Gasteiger partial charge in [0.25, 0.3) is 0 Å². The molecule has 2 rings (SSSR count). The zero-order valence-electron chi connectivity index (χ0n) is 11.4. The van der Waals surface area contributed by atoms with Gasteiger partial charge >= 0.3 is 0 Å². The highest BCUT2D eigenvalue weighted by molar-refractivity contribution is 5.42. The van der Waals surface area contributed by atoms with E-state index in [2.05, 4.69) is 17.5 Å². The summed E-state index contributed by atoms with van der Waals surface area (Å²) in [6.07, 6.45) is 5.16. The van der Waals surface area contributed by atoms with Gasteiger partial charge in [0.2, 0.25) is 0 Å². The monoisotopic (exact) mass is 263 g/mol. The fraction of sp³-hybridized carbons (Fsp3) is 0.467. The van der Waals surface area contributed by atoms with Gasteiger partial charge in [0.05, 0.1) is 14.2 Å². The first-order valence-corrected chi connectivity index (χ1v) is 6.50. The highest BCUT2D eigenvalue weighted by Gasteiger charge is 2.17. The summed E-state index contributed by atoms with van der Waals surface area (Å²) < 4.78 is 10.5. The second-order valence-corrected chi connectivity index (χ2v) is 4.74. The summed E-state index contributed by atoms with van der Waals surface area (Å²) in [5, 5.41) is 12.5. The summed E-state index contributed by atoms with van der Waals surface area (Å²) in [5.74, 6) is 1.78. The van der Waals surface area contributed by atoms with Crippen molar-refractivity contribution < 1.29 is 14.6 Å². The van der Waals surface area contributed by atoms with E-state index in [-0.39, 0.29) is 6.61 Å². The smallest absolute Gasteiger partial charge is 0.161 e. The molecule has 1 aromatic rings. The van der Waals surface area contributed by atoms with E-state index in [0.29, 0.717) is 12.0 Å². The molecule has 0 spiro atoms. The van der Waals surface area contributed by atoms with Crippen LogP contribution in [0.1, 0.15) is 12.0 Å². The fourth-order valence-corrected chi connectivity index (χ4v) is 2.30. The Hall–Kier alpha value is -1.52. The highest BCUT2D eigenvalue weighted by Crippen LogP contribution is 2.27. The first-order valence-electron chi connectivity index (χ1n) is 6.50. The molecule has 4 nitrogen and oxygen atoms in total. The van der Waals surface area contributed by atoms with Gasteiger partial charge in [-0.05, 0) is 24.1 Å². The van der Waals surface area contributed by atoms with Crippen molar-refractivity contribution >= 4 is 0 Å². The maximum Gasteiger partial charge on any atom is 0.161 e. The summed E-state index contributed by atoms with van der Waals surface area (Å²) in [4.78, 5) is 0. The van der Waals surface area contributed by atoms with Crippen molar-refractivity contribution in [1.29, 1.82) is 0 Å². The lowest BCUT2D eigenvalue weighted by Gasteiger charge is -2.14. The first-order chi connectivity index (χ1) is 9.26. The molecule has 1 aliphatic rings. The van der Waals surface area contributed by atoms with Crippen LogP contribution < -0.4 is 14.8 Å². The van der Waals surface area contributed by atoms with Gasteiger partial charge in [-0.15, -0.1) is 0 Å². The first kappa shape index (κ1) is 13.9. The molecule has 2 atom stereocenters. The van der Waals surface area contributed by atoms with E-state index in [0.717, 1.165) is 30.0 Å². The standard InChI is InChI=1S/C15H21NO3/c1-18-14-6-4-11(8-15(14)19-2)9-16-13-5-3-12(7-13)10-17/h3-6,8,12-13,16-17H,7,9-10H2,1-2H3/t12-,13+/m0/s1. The molecule has 0 bridgehead atoms. The average molecular weight is 263 g/mol. The minimum atomic E-state index is 0.227. The third-order valence-electron chi connectivity index (χ3n) is 3.42. The summed E-state index contributed by atoms with van der Waals surface area (Å²) in [5.41, 5.74) is 1.15. The molecule has 0 radical (unpaired) electrons. The van der Waals surface area contributed by atoms with Gasteiger partial charge in [-0.1, -0.05) is 18.2 Å². The molecule has 19 heavy (non-hydrogen) atoms. The van der Waals surface area contributed by atoms with Crippen molar-refractivity contribution in [1.82, 2.24) is 5.32 Å². The van der Waals surface area contributed by atoms with Crippen molar-refractivity contribution in [2.45, 2.75) is 19.0 Å². The number of ether oxygens (including phenoxy) is 2. The van der Waals surface area contributed by atoms with Crippen LogP contribution in [0, 0.1) is 5.92 Å². The van der Waals surface area contributed by atoms with Crippen LogP contribution >= 0.6 is 0 Å². The van der Waals surface area contributed by atoms with E-state index >= 15 is 0 Å². The van der Waals surface area contributed by atoms with Crippen LogP contribution in [0.15, 0.2) is 30.4 Å². The number of hydrogen-bond donors (Lipinski definition) is 2. The highest BCUT2D eigenvalue weighted by atomic mass is 16.5. The molecule has 0 aromatic heterocycles. The summed E-state index contributed by atoms with van der Waals surface area (Å²) in [7, 11) is 3.27. The molecular formula is C15H21NO3. The lowest BCUT2D eigenvalue weighted by atomic mass is 10.1. The Balaban J connectivity index is 1.91. The van der Waals surface area contributed by atoms with Gasteiger partial charge < -0.3 is 19.9 Å². The van der Waals surface area contributed by atoms with Crippen LogP contribution in [0.3, 0.4) is 0 Å². The number of benzene rings is 1. The lowest BCUT2D eigenvalue weighted by molar-refractivity contribution is 0.246. The van der Waals surface area contributed by atoms with Crippen LogP contribution in [0.2, 0.25) is 0 Å². The molecule has 0 heterocycles. The minimum absolute atomic E-state index is 0.227. The molecule has 0 amide bonds. The van der Waals surface area contributed by atoms with Crippen LogP contribution in [0.4, 0.5) is 0 Å². The molecule has 4 heteroatoms. The van der Waals surface area contributed by atoms with Crippen LogP contribution in [0.25, 0.3) is 0 Å². The Morgan fingerprint density at radius 2 is 2.00 bits per heavy atom. The zero-order chi connectivity index (χ0) is 13.7. The van der Waals surface area contributed by atoms with E-state index in [1.54, 1.807) is 14.2 Å². The molecule has 2 N–H and O–H groups in total. The fourth-order valence-electron chi connectivity index (χ4n) is 2.30. The molecule has 0 saturated carbocycles. The number of nitrogens with one attached hydrogen (secondary N) is 1. The number of methoxy groups -OCH3 is 2. The second kappa shape index (κ2) is 6.59. The Morgan fingerprint density at radius 1 is 1.21 bits per heavy atom. The molecule has 0 aliphatic heterocycles. The lowest BCUT2D eigenvalue weighted by Crippen LogP contribution is -2.26. The molecule has 1 aliphatic carbocycles. The van der Waals surface area contributed by atoms with Crippen LogP contribution in [-0.2, 0) is 6.54 Å². The third-order valence-corrected chi connectivity index (χ3v) is 3.42. The number of rotatable bonds is 6. The van der Waals surface area contributed by atoms with Gasteiger partial charge in [-0.25, -0.2) is 0 Å². The predicted octanol–water partition coefficient (Wildman–Crippen LogP) is 1.73. The van der Waals surface area contributed by atoms with Crippen molar-refractivity contribution in [2.75, 3.05) is 20.8 Å². The van der Waals surface area contributed by atoms with E-state index in [1.165, 1.54) is 0 Å². The predicted molar refractivity (Wildman–Crippen MR) is 74.5 cm³/mol. The average Bonchev–Trinajstić information content (AvgIpc) is 2.92. The topological polar surface area (TPSA) is 50.7 Å². The summed E-state index contributed by atoms with van der Waals surface area (Å²) >= 11 is 0. The van der Waals surface area contributed by atoms with E-state index < -0.39 is 0 Å². The summed E-state index contributed by atoms with van der Waals surface area (Å²) in [6, 6.07) is 6.26. The number of aliphatic hydroxyl groups excluding tert-OH is 1. The SMILES string of the molecule is COc1ccc(CN[C@@H]2C=C[C@H](CO)C2)cc1OC. The normalized spacial score (nSPS) is 21.6. The Labute approximate surface area is 114 Å². The van der Waals surface area contributed by atoms with Gasteiger partial charge in [-0.3, -0.25) is 0 Å². The van der Waals surface area contributed by atoms with Crippen molar-refractivity contribution in [3.8, 4) is 11.5 Å². The van der Waals surface area contributed by atoms with E-state index in [9.17, 15) is 0 Å². The van der Waals surface area contributed by atoms with Crippen molar-refractivity contribution in [2.24, 2.45) is 5.92 Å². The molecule has 104 valence electrons. The van der Waals surface area contributed by atoms with Gasteiger partial charge in [0.15, 0.2) is 11.5 Å². The molecule has 0 fully saturated rings. The van der Waals surface area contributed by atoms with Crippen LogP contribution in [-0.4, -0.2) is 32.0 Å². The zero-order valence-corrected chi connectivity index (χ0v) is 11.4. The Kier molecular flexibility index (Phi) is 4.82.